The zero-order chi connectivity index (χ0) is 22.9. The molecule has 33 heavy (non-hydrogen) atoms. The van der Waals surface area contributed by atoms with Crippen LogP contribution in [0.1, 0.15) is 22.0 Å². The largest absolute Gasteiger partial charge is 0.493 e. The number of carbonyl (C=O) groups is 2. The summed E-state index contributed by atoms with van der Waals surface area (Å²) in [5.74, 6) is -0.390. The van der Waals surface area contributed by atoms with Crippen LogP contribution < -0.4 is 20.1 Å². The van der Waals surface area contributed by atoms with Gasteiger partial charge in [-0.05, 0) is 36.5 Å². The minimum atomic E-state index is -0.678. The molecule has 2 amide bonds. The molecule has 0 spiro atoms. The summed E-state index contributed by atoms with van der Waals surface area (Å²) in [6.45, 7) is 1.14. The first-order valence-electron chi connectivity index (χ1n) is 10.5. The van der Waals surface area contributed by atoms with E-state index >= 15 is 0 Å². The molecule has 3 aliphatic rings. The molecular weight excluding hydrogens is 449 g/mol. The summed E-state index contributed by atoms with van der Waals surface area (Å²) in [6.07, 6.45) is 7.75. The SMILES string of the molecule is O=C1COc2cc(F)c(C(=O)N3CC(COc4ccc(Cl)cc4C4C=CC=CN4)C3)cc2N1. The molecule has 0 aliphatic carbocycles. The number of benzene rings is 2. The van der Waals surface area contributed by atoms with Crippen LogP contribution >= 0.6 is 11.6 Å². The van der Waals surface area contributed by atoms with Crippen LogP contribution in [-0.2, 0) is 4.79 Å². The Hall–Kier alpha value is -3.52. The third kappa shape index (κ3) is 4.39. The molecule has 1 saturated heterocycles. The first-order valence-corrected chi connectivity index (χ1v) is 10.9. The fraction of sp³-hybridized carbons (Fsp3) is 0.250. The molecular formula is C24H21ClFN3O4. The van der Waals surface area contributed by atoms with E-state index in [4.69, 9.17) is 21.1 Å². The third-order valence-corrected chi connectivity index (χ3v) is 5.98. The van der Waals surface area contributed by atoms with Gasteiger partial charge in [-0.25, -0.2) is 4.39 Å². The maximum Gasteiger partial charge on any atom is 0.262 e. The average Bonchev–Trinajstić information content (AvgIpc) is 2.79. The van der Waals surface area contributed by atoms with Gasteiger partial charge < -0.3 is 25.0 Å². The maximum absolute atomic E-state index is 14.5. The molecule has 170 valence electrons. The monoisotopic (exact) mass is 469 g/mol. The number of allylic oxidation sites excluding steroid dienone is 2. The number of dihydropyridines is 1. The number of ether oxygens (including phenoxy) is 2. The van der Waals surface area contributed by atoms with Gasteiger partial charge in [0.05, 0.1) is 23.9 Å². The Balaban J connectivity index is 1.21. The van der Waals surface area contributed by atoms with Crippen molar-refractivity contribution >= 4 is 29.1 Å². The van der Waals surface area contributed by atoms with E-state index in [1.807, 2.05) is 36.6 Å². The van der Waals surface area contributed by atoms with Crippen LogP contribution in [0.15, 0.2) is 54.8 Å². The van der Waals surface area contributed by atoms with Crippen molar-refractivity contribution in [2.24, 2.45) is 5.92 Å². The van der Waals surface area contributed by atoms with Crippen molar-refractivity contribution in [3.05, 3.63) is 76.7 Å². The summed E-state index contributed by atoms with van der Waals surface area (Å²) in [5, 5.41) is 6.48. The van der Waals surface area contributed by atoms with Gasteiger partial charge in [-0.15, -0.1) is 0 Å². The quantitative estimate of drug-likeness (QED) is 0.698. The fourth-order valence-corrected chi connectivity index (χ4v) is 4.20. The predicted molar refractivity (Wildman–Crippen MR) is 121 cm³/mol. The second kappa shape index (κ2) is 8.78. The van der Waals surface area contributed by atoms with Crippen LogP contribution in [0, 0.1) is 11.7 Å². The molecule has 3 aliphatic heterocycles. The number of likely N-dealkylation sites (tertiary alicyclic amines) is 1. The van der Waals surface area contributed by atoms with E-state index in [0.29, 0.717) is 30.4 Å². The molecule has 2 aromatic carbocycles. The maximum atomic E-state index is 14.5. The van der Waals surface area contributed by atoms with E-state index in [0.717, 1.165) is 17.4 Å². The van der Waals surface area contributed by atoms with Gasteiger partial charge in [-0.3, -0.25) is 9.59 Å². The van der Waals surface area contributed by atoms with Gasteiger partial charge in [0.25, 0.3) is 11.8 Å². The number of carbonyl (C=O) groups excluding carboxylic acids is 2. The molecule has 1 unspecified atom stereocenters. The molecule has 0 aromatic heterocycles. The topological polar surface area (TPSA) is 79.9 Å². The third-order valence-electron chi connectivity index (χ3n) is 5.75. The van der Waals surface area contributed by atoms with Gasteiger partial charge in [-0.2, -0.15) is 0 Å². The molecule has 0 bridgehead atoms. The number of amides is 2. The Morgan fingerprint density at radius 1 is 1.24 bits per heavy atom. The lowest BCUT2D eigenvalue weighted by Gasteiger charge is -2.39. The van der Waals surface area contributed by atoms with Gasteiger partial charge in [0, 0.05) is 35.7 Å². The molecule has 3 heterocycles. The van der Waals surface area contributed by atoms with E-state index in [-0.39, 0.29) is 35.8 Å². The lowest BCUT2D eigenvalue weighted by atomic mass is 9.99. The fourth-order valence-electron chi connectivity index (χ4n) is 4.02. The van der Waals surface area contributed by atoms with Gasteiger partial charge in [0.15, 0.2) is 6.61 Å². The minimum Gasteiger partial charge on any atom is -0.493 e. The van der Waals surface area contributed by atoms with Gasteiger partial charge in [-0.1, -0.05) is 23.8 Å². The normalized spacial score (nSPS) is 19.2. The number of hydrogen-bond acceptors (Lipinski definition) is 5. The van der Waals surface area contributed by atoms with E-state index < -0.39 is 11.7 Å². The Labute approximate surface area is 194 Å². The summed E-state index contributed by atoms with van der Waals surface area (Å²) in [7, 11) is 0. The van der Waals surface area contributed by atoms with E-state index in [9.17, 15) is 14.0 Å². The van der Waals surface area contributed by atoms with Crippen molar-refractivity contribution in [2.75, 3.05) is 31.6 Å². The Morgan fingerprint density at radius 3 is 2.88 bits per heavy atom. The highest BCUT2D eigenvalue weighted by Crippen LogP contribution is 2.33. The number of nitrogens with zero attached hydrogens (tertiary/aromatic N) is 1. The van der Waals surface area contributed by atoms with E-state index in [1.165, 1.54) is 6.07 Å². The zero-order valence-corrected chi connectivity index (χ0v) is 18.3. The number of hydrogen-bond donors (Lipinski definition) is 2. The van der Waals surface area contributed by atoms with Crippen molar-refractivity contribution in [1.29, 1.82) is 0 Å². The average molecular weight is 470 g/mol. The van der Waals surface area contributed by atoms with Crippen LogP contribution in [0.4, 0.5) is 10.1 Å². The van der Waals surface area contributed by atoms with E-state index in [1.54, 1.807) is 11.0 Å². The number of fused-ring (bicyclic) bond motifs is 1. The number of nitrogens with one attached hydrogen (secondary N) is 2. The standard InChI is InChI=1S/C24H21ClFN3O4/c25-15-4-5-21(17(7-15)19-3-1-2-6-27-19)32-12-14-10-29(11-14)24(31)16-8-20-22(9-18(16)26)33-13-23(30)28-20/h1-9,14,19,27H,10-13H2,(H,28,30). The van der Waals surface area contributed by atoms with Gasteiger partial charge in [0.2, 0.25) is 0 Å². The highest BCUT2D eigenvalue weighted by atomic mass is 35.5. The second-order valence-corrected chi connectivity index (χ2v) is 8.56. The highest BCUT2D eigenvalue weighted by Gasteiger charge is 2.34. The van der Waals surface area contributed by atoms with Gasteiger partial charge >= 0.3 is 0 Å². The summed E-state index contributed by atoms with van der Waals surface area (Å²) in [6, 6.07) is 7.91. The Bertz CT molecular complexity index is 1180. The van der Waals surface area contributed by atoms with Crippen molar-refractivity contribution in [3.8, 4) is 11.5 Å². The number of anilines is 1. The van der Waals surface area contributed by atoms with Gasteiger partial charge in [0.1, 0.15) is 17.3 Å². The van der Waals surface area contributed by atoms with Crippen LogP contribution in [0.2, 0.25) is 5.02 Å². The van der Waals surface area contributed by atoms with Crippen LogP contribution in [0.5, 0.6) is 11.5 Å². The molecule has 1 atom stereocenters. The Morgan fingerprint density at radius 2 is 2.09 bits per heavy atom. The van der Waals surface area contributed by atoms with Crippen molar-refractivity contribution in [1.82, 2.24) is 10.2 Å². The molecule has 5 rings (SSSR count). The Kier molecular flexibility index (Phi) is 5.68. The van der Waals surface area contributed by atoms with Crippen molar-refractivity contribution in [2.45, 2.75) is 6.04 Å². The summed E-state index contributed by atoms with van der Waals surface area (Å²) < 4.78 is 25.7. The number of rotatable bonds is 5. The highest BCUT2D eigenvalue weighted by molar-refractivity contribution is 6.30. The van der Waals surface area contributed by atoms with Crippen molar-refractivity contribution in [3.63, 3.8) is 0 Å². The molecule has 2 N–H and O–H groups in total. The molecule has 0 radical (unpaired) electrons. The van der Waals surface area contributed by atoms with E-state index in [2.05, 4.69) is 10.6 Å². The summed E-state index contributed by atoms with van der Waals surface area (Å²) >= 11 is 6.18. The lowest BCUT2D eigenvalue weighted by molar-refractivity contribution is -0.118. The lowest BCUT2D eigenvalue weighted by Crippen LogP contribution is -2.52. The van der Waals surface area contributed by atoms with Crippen LogP contribution in [-0.4, -0.2) is 43.0 Å². The first-order chi connectivity index (χ1) is 16.0. The minimum absolute atomic E-state index is 0.0420. The second-order valence-electron chi connectivity index (χ2n) is 8.12. The summed E-state index contributed by atoms with van der Waals surface area (Å²) in [4.78, 5) is 25.9. The first kappa shape index (κ1) is 21.3. The summed E-state index contributed by atoms with van der Waals surface area (Å²) in [5.41, 5.74) is 1.13. The number of halogens is 2. The molecule has 1 fully saturated rings. The zero-order valence-electron chi connectivity index (χ0n) is 17.5. The molecule has 9 heteroatoms. The molecule has 7 nitrogen and oxygen atoms in total. The smallest absolute Gasteiger partial charge is 0.262 e. The van der Waals surface area contributed by atoms with Crippen LogP contribution in [0.3, 0.4) is 0 Å². The molecule has 0 saturated carbocycles. The van der Waals surface area contributed by atoms with Crippen LogP contribution in [0.25, 0.3) is 0 Å². The predicted octanol–water partition coefficient (Wildman–Crippen LogP) is 3.68. The van der Waals surface area contributed by atoms with Crippen molar-refractivity contribution < 1.29 is 23.5 Å². The molecule has 2 aromatic rings.